The SMILES string of the molecule is O=C1NC[C@@H](C(=O)NCCS(=O)(=O)c2ccccc2F)O1. The third-order valence-corrected chi connectivity index (χ3v) is 4.56. The number of cyclic esters (lactones) is 1. The Kier molecular flexibility index (Phi) is 4.41. The molecule has 7 nitrogen and oxygen atoms in total. The quantitative estimate of drug-likeness (QED) is 0.785. The highest BCUT2D eigenvalue weighted by atomic mass is 32.2. The molecule has 0 spiro atoms. The molecule has 114 valence electrons. The molecule has 1 saturated heterocycles. The van der Waals surface area contributed by atoms with Crippen LogP contribution in [-0.2, 0) is 19.4 Å². The maximum atomic E-state index is 13.4. The second-order valence-electron chi connectivity index (χ2n) is 4.32. The number of hydrogen-bond acceptors (Lipinski definition) is 5. The van der Waals surface area contributed by atoms with Gasteiger partial charge >= 0.3 is 6.09 Å². The molecule has 1 aromatic rings. The Bertz CT molecular complexity index is 661. The molecule has 2 rings (SSSR count). The molecule has 0 saturated carbocycles. The van der Waals surface area contributed by atoms with Gasteiger partial charge in [-0.2, -0.15) is 0 Å². The van der Waals surface area contributed by atoms with Gasteiger partial charge in [0.1, 0.15) is 10.7 Å². The smallest absolute Gasteiger partial charge is 0.408 e. The van der Waals surface area contributed by atoms with Gasteiger partial charge in [-0.15, -0.1) is 0 Å². The van der Waals surface area contributed by atoms with Crippen molar-refractivity contribution in [2.75, 3.05) is 18.8 Å². The van der Waals surface area contributed by atoms with Crippen LogP contribution in [0, 0.1) is 5.82 Å². The average molecular weight is 316 g/mol. The lowest BCUT2D eigenvalue weighted by Crippen LogP contribution is -2.39. The molecule has 2 N–H and O–H groups in total. The van der Waals surface area contributed by atoms with Gasteiger partial charge in [-0.3, -0.25) is 4.79 Å². The number of ether oxygens (including phenoxy) is 1. The molecule has 9 heteroatoms. The molecule has 1 fully saturated rings. The van der Waals surface area contributed by atoms with E-state index in [1.807, 2.05) is 0 Å². The zero-order valence-corrected chi connectivity index (χ0v) is 11.7. The summed E-state index contributed by atoms with van der Waals surface area (Å²) in [4.78, 5) is 21.9. The van der Waals surface area contributed by atoms with E-state index in [9.17, 15) is 22.4 Å². The van der Waals surface area contributed by atoms with E-state index in [-0.39, 0.29) is 13.1 Å². The lowest BCUT2D eigenvalue weighted by atomic mass is 10.3. The van der Waals surface area contributed by atoms with Crippen molar-refractivity contribution in [2.45, 2.75) is 11.0 Å². The third kappa shape index (κ3) is 3.69. The minimum absolute atomic E-state index is 0.0325. The van der Waals surface area contributed by atoms with Crippen LogP contribution in [0.5, 0.6) is 0 Å². The van der Waals surface area contributed by atoms with E-state index in [0.29, 0.717) is 0 Å². The summed E-state index contributed by atoms with van der Waals surface area (Å²) < 4.78 is 41.9. The van der Waals surface area contributed by atoms with Gasteiger partial charge in [-0.25, -0.2) is 17.6 Å². The van der Waals surface area contributed by atoms with Crippen LogP contribution in [0.2, 0.25) is 0 Å². The highest BCUT2D eigenvalue weighted by Crippen LogP contribution is 2.14. The van der Waals surface area contributed by atoms with Gasteiger partial charge in [0, 0.05) is 6.54 Å². The maximum absolute atomic E-state index is 13.4. The van der Waals surface area contributed by atoms with Crippen LogP contribution < -0.4 is 10.6 Å². The standard InChI is InChI=1S/C12H13FN2O5S/c13-8-3-1-2-4-10(8)21(18,19)6-5-14-11(16)9-7-15-12(17)20-9/h1-4,9H,5-7H2,(H,14,16)(H,15,17)/t9-/m0/s1. The van der Waals surface area contributed by atoms with Gasteiger partial charge in [0.2, 0.25) is 0 Å². The number of amides is 2. The number of halogens is 1. The second-order valence-corrected chi connectivity index (χ2v) is 6.39. The number of alkyl carbamates (subject to hydrolysis) is 1. The molecule has 1 aliphatic rings. The van der Waals surface area contributed by atoms with Gasteiger partial charge in [-0.1, -0.05) is 12.1 Å². The summed E-state index contributed by atoms with van der Waals surface area (Å²) in [6.07, 6.45) is -1.68. The Morgan fingerprint density at radius 3 is 2.76 bits per heavy atom. The fraction of sp³-hybridized carbons (Fsp3) is 0.333. The summed E-state index contributed by atoms with van der Waals surface area (Å²) in [5.41, 5.74) is 0. The molecule has 1 aromatic carbocycles. The van der Waals surface area contributed by atoms with Crippen LogP contribution in [0.25, 0.3) is 0 Å². The number of sulfone groups is 1. The molecular weight excluding hydrogens is 303 g/mol. The van der Waals surface area contributed by atoms with E-state index in [2.05, 4.69) is 15.4 Å². The molecule has 0 unspecified atom stereocenters. The van der Waals surface area contributed by atoms with Crippen LogP contribution in [-0.4, -0.2) is 45.4 Å². The first kappa shape index (κ1) is 15.2. The predicted octanol–water partition coefficient (Wildman–Crippen LogP) is -0.176. The van der Waals surface area contributed by atoms with Gasteiger partial charge < -0.3 is 15.4 Å². The Hall–Kier alpha value is -2.16. The first-order valence-electron chi connectivity index (χ1n) is 6.09. The van der Waals surface area contributed by atoms with Crippen molar-refractivity contribution in [1.82, 2.24) is 10.6 Å². The first-order valence-corrected chi connectivity index (χ1v) is 7.75. The number of carbonyl (C=O) groups excluding carboxylic acids is 2. The molecule has 0 aromatic heterocycles. The molecule has 1 aliphatic heterocycles. The largest absolute Gasteiger partial charge is 0.434 e. The zero-order chi connectivity index (χ0) is 15.5. The Morgan fingerprint density at radius 2 is 2.14 bits per heavy atom. The highest BCUT2D eigenvalue weighted by Gasteiger charge is 2.29. The monoisotopic (exact) mass is 316 g/mol. The maximum Gasteiger partial charge on any atom is 0.408 e. The van der Waals surface area contributed by atoms with Crippen molar-refractivity contribution in [1.29, 1.82) is 0 Å². The molecule has 21 heavy (non-hydrogen) atoms. The van der Waals surface area contributed by atoms with Crippen LogP contribution in [0.1, 0.15) is 0 Å². The number of hydrogen-bond donors (Lipinski definition) is 2. The van der Waals surface area contributed by atoms with Gasteiger partial charge in [0.25, 0.3) is 5.91 Å². The van der Waals surface area contributed by atoms with Crippen molar-refractivity contribution >= 4 is 21.8 Å². The van der Waals surface area contributed by atoms with Crippen molar-refractivity contribution in [3.8, 4) is 0 Å². The lowest BCUT2D eigenvalue weighted by Gasteiger charge is -2.09. The Labute approximate surface area is 120 Å². The topological polar surface area (TPSA) is 102 Å². The normalized spacial score (nSPS) is 18.0. The first-order chi connectivity index (χ1) is 9.90. The van der Waals surface area contributed by atoms with Crippen molar-refractivity contribution < 1.29 is 27.1 Å². The predicted molar refractivity (Wildman–Crippen MR) is 69.7 cm³/mol. The molecule has 0 aliphatic carbocycles. The van der Waals surface area contributed by atoms with E-state index in [4.69, 9.17) is 0 Å². The van der Waals surface area contributed by atoms with Gasteiger partial charge in [-0.05, 0) is 12.1 Å². The molecule has 1 heterocycles. The molecule has 0 radical (unpaired) electrons. The van der Waals surface area contributed by atoms with E-state index >= 15 is 0 Å². The van der Waals surface area contributed by atoms with Crippen molar-refractivity contribution in [3.05, 3.63) is 30.1 Å². The number of carbonyl (C=O) groups is 2. The van der Waals surface area contributed by atoms with Gasteiger partial charge in [0.15, 0.2) is 15.9 Å². The third-order valence-electron chi connectivity index (χ3n) is 2.82. The van der Waals surface area contributed by atoms with E-state index in [1.54, 1.807) is 0 Å². The average Bonchev–Trinajstić information content (AvgIpc) is 2.85. The number of nitrogens with one attached hydrogen (secondary N) is 2. The summed E-state index contributed by atoms with van der Waals surface area (Å²) in [6, 6.07) is 5.01. The zero-order valence-electron chi connectivity index (χ0n) is 10.8. The molecule has 1 atom stereocenters. The van der Waals surface area contributed by atoms with E-state index < -0.39 is 44.4 Å². The van der Waals surface area contributed by atoms with E-state index in [0.717, 1.165) is 12.1 Å². The van der Waals surface area contributed by atoms with E-state index in [1.165, 1.54) is 12.1 Å². The Balaban J connectivity index is 1.89. The summed E-state index contributed by atoms with van der Waals surface area (Å²) in [5.74, 6) is -1.89. The Morgan fingerprint density at radius 1 is 1.43 bits per heavy atom. The van der Waals surface area contributed by atoms with Crippen LogP contribution in [0.4, 0.5) is 9.18 Å². The number of rotatable bonds is 5. The fourth-order valence-electron chi connectivity index (χ4n) is 1.76. The minimum Gasteiger partial charge on any atom is -0.434 e. The van der Waals surface area contributed by atoms with Crippen LogP contribution in [0.15, 0.2) is 29.2 Å². The molecule has 2 amide bonds. The van der Waals surface area contributed by atoms with Crippen molar-refractivity contribution in [3.63, 3.8) is 0 Å². The summed E-state index contributed by atoms with van der Waals surface area (Å²) >= 11 is 0. The molecular formula is C12H13FN2O5S. The number of benzene rings is 1. The highest BCUT2D eigenvalue weighted by molar-refractivity contribution is 7.91. The second kappa shape index (κ2) is 6.08. The van der Waals surface area contributed by atoms with Crippen LogP contribution in [0.3, 0.4) is 0 Å². The summed E-state index contributed by atoms with van der Waals surface area (Å²) in [5, 5.41) is 4.63. The molecule has 0 bridgehead atoms. The van der Waals surface area contributed by atoms with Gasteiger partial charge in [0.05, 0.1) is 12.3 Å². The van der Waals surface area contributed by atoms with Crippen LogP contribution >= 0.6 is 0 Å². The minimum atomic E-state index is -3.83. The lowest BCUT2D eigenvalue weighted by molar-refractivity contribution is -0.127. The fourth-order valence-corrected chi connectivity index (χ4v) is 3.01. The summed E-state index contributed by atoms with van der Waals surface area (Å²) in [6.45, 7) is -0.172. The van der Waals surface area contributed by atoms with Crippen molar-refractivity contribution in [2.24, 2.45) is 0 Å². The summed E-state index contributed by atoms with van der Waals surface area (Å²) in [7, 11) is -3.83.